The van der Waals surface area contributed by atoms with Gasteiger partial charge in [-0.3, -0.25) is 9.30 Å². The van der Waals surface area contributed by atoms with Crippen LogP contribution in [-0.2, 0) is 13.6 Å². The van der Waals surface area contributed by atoms with Crippen LogP contribution in [-0.4, -0.2) is 53.8 Å². The van der Waals surface area contributed by atoms with Gasteiger partial charge in [0.25, 0.3) is 0 Å². The average Bonchev–Trinajstić information content (AvgIpc) is 3.51. The minimum atomic E-state index is -1.27. The molecule has 1 atom stereocenters. The van der Waals surface area contributed by atoms with Gasteiger partial charge in [0.15, 0.2) is 23.0 Å². The van der Waals surface area contributed by atoms with E-state index in [1.54, 1.807) is 16.7 Å². The number of benzene rings is 1. The zero-order valence-electron chi connectivity index (χ0n) is 17.7. The maximum Gasteiger partial charge on any atom is 0.413 e. The first kappa shape index (κ1) is 19.5. The molecular formula is C21H18FN7O4. The molecule has 1 amide bonds. The molecule has 2 aliphatic heterocycles. The van der Waals surface area contributed by atoms with Crippen LogP contribution in [0.3, 0.4) is 0 Å². The fraction of sp³-hybridized carbons (Fsp3) is 0.286. The molecule has 3 aromatic heterocycles. The van der Waals surface area contributed by atoms with E-state index in [2.05, 4.69) is 20.4 Å². The number of pyridine rings is 1. The fourth-order valence-corrected chi connectivity index (χ4v) is 4.47. The van der Waals surface area contributed by atoms with E-state index >= 15 is 0 Å². The second-order valence-electron chi connectivity index (χ2n) is 8.03. The van der Waals surface area contributed by atoms with Gasteiger partial charge in [-0.2, -0.15) is 0 Å². The lowest BCUT2D eigenvalue weighted by Gasteiger charge is -2.23. The van der Waals surface area contributed by atoms with Gasteiger partial charge in [-0.25, -0.2) is 9.18 Å². The van der Waals surface area contributed by atoms with E-state index in [9.17, 15) is 14.3 Å². The highest BCUT2D eigenvalue weighted by molar-refractivity contribution is 5.90. The van der Waals surface area contributed by atoms with Crippen molar-refractivity contribution < 1.29 is 23.8 Å². The van der Waals surface area contributed by atoms with Crippen LogP contribution in [0.2, 0.25) is 0 Å². The molecule has 0 unspecified atom stereocenters. The molecule has 1 N–H and O–H groups in total. The van der Waals surface area contributed by atoms with Gasteiger partial charge < -0.3 is 19.1 Å². The van der Waals surface area contributed by atoms with Crippen molar-refractivity contribution in [1.82, 2.24) is 29.4 Å². The third-order valence-corrected chi connectivity index (χ3v) is 6.20. The van der Waals surface area contributed by atoms with Crippen molar-refractivity contribution in [2.45, 2.75) is 19.4 Å². The molecule has 0 bridgehead atoms. The molecule has 5 heterocycles. The van der Waals surface area contributed by atoms with E-state index in [4.69, 9.17) is 9.47 Å². The molecule has 168 valence electrons. The van der Waals surface area contributed by atoms with Gasteiger partial charge in [0.1, 0.15) is 23.7 Å². The minimum absolute atomic E-state index is 0.175. The van der Waals surface area contributed by atoms with E-state index in [0.717, 1.165) is 4.90 Å². The summed E-state index contributed by atoms with van der Waals surface area (Å²) in [6.07, 6.45) is 0.129. The normalized spacial score (nSPS) is 16.9. The van der Waals surface area contributed by atoms with Gasteiger partial charge in [-0.05, 0) is 25.1 Å². The Morgan fingerprint density at radius 2 is 1.97 bits per heavy atom. The van der Waals surface area contributed by atoms with E-state index in [0.29, 0.717) is 40.8 Å². The molecule has 0 saturated carbocycles. The average molecular weight is 451 g/mol. The molecular weight excluding hydrogens is 433 g/mol. The number of ether oxygens (including phenoxy) is 2. The number of halogens is 1. The van der Waals surface area contributed by atoms with Crippen LogP contribution in [0.25, 0.3) is 17.0 Å². The molecule has 1 aromatic carbocycles. The number of fused-ring (bicyclic) bond motifs is 3. The topological polar surface area (TPSA) is 120 Å². The van der Waals surface area contributed by atoms with Crippen LogP contribution in [0.5, 0.6) is 11.5 Å². The number of carbonyl (C=O) groups is 1. The Labute approximate surface area is 186 Å². The van der Waals surface area contributed by atoms with E-state index in [-0.39, 0.29) is 36.2 Å². The van der Waals surface area contributed by atoms with Gasteiger partial charge >= 0.3 is 6.09 Å². The standard InChI is InChI=1S/C21H18FN7O4/c1-10-24-26-18(27(10)2)12-5-16-20(29-9-23-25-19(12)29)28(21(30)31)6-13-14(22)3-4-15-17(13)11(7-32-15)8-33-16/h3-5,9,11H,6-8H2,1-2H3,(H,30,31)/t11-/m0/s1. The van der Waals surface area contributed by atoms with Crippen LogP contribution in [0.15, 0.2) is 24.5 Å². The summed E-state index contributed by atoms with van der Waals surface area (Å²) in [5.41, 5.74) is 1.85. The summed E-state index contributed by atoms with van der Waals surface area (Å²) in [4.78, 5) is 13.5. The largest absolute Gasteiger partial charge is 0.493 e. The molecule has 0 aliphatic carbocycles. The number of anilines is 1. The highest BCUT2D eigenvalue weighted by atomic mass is 19.1. The van der Waals surface area contributed by atoms with Crippen LogP contribution in [0, 0.1) is 12.7 Å². The van der Waals surface area contributed by atoms with Gasteiger partial charge in [-0.15, -0.1) is 20.4 Å². The molecule has 33 heavy (non-hydrogen) atoms. The Bertz CT molecular complexity index is 1450. The van der Waals surface area contributed by atoms with Crippen LogP contribution < -0.4 is 14.4 Å². The fourth-order valence-electron chi connectivity index (χ4n) is 4.47. The second-order valence-corrected chi connectivity index (χ2v) is 8.03. The van der Waals surface area contributed by atoms with Crippen molar-refractivity contribution in [3.8, 4) is 22.9 Å². The molecule has 4 aromatic rings. The summed E-state index contributed by atoms with van der Waals surface area (Å²) >= 11 is 0. The number of aromatic nitrogens is 6. The maximum atomic E-state index is 14.9. The number of nitrogens with zero attached hydrogens (tertiary/aromatic N) is 7. The van der Waals surface area contributed by atoms with Crippen molar-refractivity contribution in [1.29, 1.82) is 0 Å². The lowest BCUT2D eigenvalue weighted by molar-refractivity contribution is 0.200. The molecule has 0 fully saturated rings. The van der Waals surface area contributed by atoms with Crippen molar-refractivity contribution in [3.05, 3.63) is 47.3 Å². The molecule has 12 heteroatoms. The Morgan fingerprint density at radius 3 is 2.70 bits per heavy atom. The summed E-state index contributed by atoms with van der Waals surface area (Å²) in [6, 6.07) is 4.54. The van der Waals surface area contributed by atoms with E-state index < -0.39 is 11.9 Å². The highest BCUT2D eigenvalue weighted by Gasteiger charge is 2.35. The number of aryl methyl sites for hydroxylation is 1. The smallest absolute Gasteiger partial charge is 0.413 e. The van der Waals surface area contributed by atoms with Crippen molar-refractivity contribution >= 4 is 17.6 Å². The van der Waals surface area contributed by atoms with Gasteiger partial charge in [0.05, 0.1) is 31.2 Å². The monoisotopic (exact) mass is 451 g/mol. The molecule has 0 spiro atoms. The SMILES string of the molecule is Cc1nnc(-c2cc3c(n4cnnc24)N(C(=O)O)Cc2c(F)ccc4c2[C@@H](CO4)CO3)n1C. The Hall–Kier alpha value is -4.22. The summed E-state index contributed by atoms with van der Waals surface area (Å²) in [7, 11) is 1.82. The number of hydrogen-bond donors (Lipinski definition) is 1. The van der Waals surface area contributed by atoms with Crippen LogP contribution in [0.4, 0.5) is 15.0 Å². The third kappa shape index (κ3) is 2.76. The molecule has 0 saturated heterocycles. The van der Waals surface area contributed by atoms with Crippen molar-refractivity contribution in [2.75, 3.05) is 18.1 Å². The zero-order chi connectivity index (χ0) is 22.9. The second kappa shape index (κ2) is 6.89. The van der Waals surface area contributed by atoms with Crippen LogP contribution in [0.1, 0.15) is 22.9 Å². The van der Waals surface area contributed by atoms with Gasteiger partial charge in [0.2, 0.25) is 0 Å². The minimum Gasteiger partial charge on any atom is -0.493 e. The van der Waals surface area contributed by atoms with Crippen molar-refractivity contribution in [3.63, 3.8) is 0 Å². The van der Waals surface area contributed by atoms with Crippen molar-refractivity contribution in [2.24, 2.45) is 7.05 Å². The molecule has 2 aliphatic rings. The number of carboxylic acid groups (broad SMARTS) is 1. The van der Waals surface area contributed by atoms with E-state index in [1.165, 1.54) is 16.8 Å². The first-order valence-corrected chi connectivity index (χ1v) is 10.2. The first-order chi connectivity index (χ1) is 15.9. The van der Waals surface area contributed by atoms with E-state index in [1.807, 2.05) is 14.0 Å². The summed E-state index contributed by atoms with van der Waals surface area (Å²) in [5, 5.41) is 26.7. The molecule has 11 nitrogen and oxygen atoms in total. The van der Waals surface area contributed by atoms with Crippen LogP contribution >= 0.6 is 0 Å². The highest BCUT2D eigenvalue weighted by Crippen LogP contribution is 2.43. The number of amides is 1. The Morgan fingerprint density at radius 1 is 1.18 bits per heavy atom. The third-order valence-electron chi connectivity index (χ3n) is 6.20. The molecule has 6 rings (SSSR count). The predicted octanol–water partition coefficient (Wildman–Crippen LogP) is 2.53. The lowest BCUT2D eigenvalue weighted by atomic mass is 9.95. The lowest BCUT2D eigenvalue weighted by Crippen LogP contribution is -2.31. The Balaban J connectivity index is 1.62. The molecule has 0 radical (unpaired) electrons. The summed E-state index contributed by atoms with van der Waals surface area (Å²) in [5.74, 6) is 1.49. The quantitative estimate of drug-likeness (QED) is 0.469. The van der Waals surface area contributed by atoms with Gasteiger partial charge in [-0.1, -0.05) is 0 Å². The summed E-state index contributed by atoms with van der Waals surface area (Å²) < 4.78 is 30.1. The Kier molecular flexibility index (Phi) is 4.06. The zero-order valence-corrected chi connectivity index (χ0v) is 17.7. The predicted molar refractivity (Wildman–Crippen MR) is 112 cm³/mol. The first-order valence-electron chi connectivity index (χ1n) is 10.2. The number of hydrogen-bond acceptors (Lipinski definition) is 7. The van der Waals surface area contributed by atoms with Gasteiger partial charge in [0, 0.05) is 18.2 Å². The summed E-state index contributed by atoms with van der Waals surface area (Å²) in [6.45, 7) is 2.09. The maximum absolute atomic E-state index is 14.9. The number of rotatable bonds is 1.